The highest BCUT2D eigenvalue weighted by atomic mass is 16.5. The highest BCUT2D eigenvalue weighted by molar-refractivity contribution is 5.77. The van der Waals surface area contributed by atoms with Crippen LogP contribution in [0.3, 0.4) is 0 Å². The Balaban J connectivity index is 1.76. The number of fused-ring (bicyclic) bond motifs is 1. The van der Waals surface area contributed by atoms with Crippen LogP contribution in [0, 0.1) is 5.41 Å². The van der Waals surface area contributed by atoms with E-state index in [1.807, 2.05) is 31.2 Å². The molecule has 134 valence electrons. The van der Waals surface area contributed by atoms with E-state index < -0.39 is 5.41 Å². The van der Waals surface area contributed by atoms with Crippen molar-refractivity contribution in [2.24, 2.45) is 5.41 Å². The monoisotopic (exact) mass is 343 g/mol. The summed E-state index contributed by atoms with van der Waals surface area (Å²) in [6.07, 6.45) is 4.44. The lowest BCUT2D eigenvalue weighted by Crippen LogP contribution is -2.43. The zero-order valence-electron chi connectivity index (χ0n) is 14.7. The molecule has 1 fully saturated rings. The molecule has 0 saturated carbocycles. The summed E-state index contributed by atoms with van der Waals surface area (Å²) in [6.45, 7) is 4.49. The predicted octanol–water partition coefficient (Wildman–Crippen LogP) is 2.11. The molecule has 0 aliphatic carbocycles. The number of nitrogens with one attached hydrogen (secondary N) is 1. The van der Waals surface area contributed by atoms with Crippen molar-refractivity contribution in [1.82, 2.24) is 14.9 Å². The molecule has 6 nitrogen and oxygen atoms in total. The van der Waals surface area contributed by atoms with Gasteiger partial charge in [-0.1, -0.05) is 12.1 Å². The maximum Gasteiger partial charge on any atom is 0.312 e. The molecule has 1 aliphatic rings. The van der Waals surface area contributed by atoms with Crippen LogP contribution in [-0.2, 0) is 16.1 Å². The van der Waals surface area contributed by atoms with Crippen LogP contribution in [0.1, 0.15) is 32.6 Å². The van der Waals surface area contributed by atoms with Gasteiger partial charge in [0.1, 0.15) is 0 Å². The minimum atomic E-state index is -0.423. The number of benzene rings is 1. The van der Waals surface area contributed by atoms with E-state index in [4.69, 9.17) is 4.74 Å². The number of aromatic nitrogens is 2. The number of para-hydroxylation sites is 2. The van der Waals surface area contributed by atoms with E-state index in [1.165, 1.54) is 6.20 Å². The first kappa shape index (κ1) is 17.6. The Labute approximate surface area is 147 Å². The zero-order chi connectivity index (χ0) is 17.7. The van der Waals surface area contributed by atoms with Crippen molar-refractivity contribution in [2.45, 2.75) is 39.2 Å². The summed E-state index contributed by atoms with van der Waals surface area (Å²) in [7, 11) is 0. The Morgan fingerprint density at radius 1 is 1.32 bits per heavy atom. The van der Waals surface area contributed by atoms with E-state index in [2.05, 4.69) is 10.3 Å². The first-order chi connectivity index (χ1) is 12.2. The van der Waals surface area contributed by atoms with E-state index >= 15 is 0 Å². The second-order valence-electron chi connectivity index (χ2n) is 6.59. The molecular formula is C19H25N3O3. The quantitative estimate of drug-likeness (QED) is 0.813. The topological polar surface area (TPSA) is 73.2 Å². The molecule has 1 saturated heterocycles. The number of hydrogen-bond donors (Lipinski definition) is 1. The standard InChI is InChI=1S/C19H25N3O3/c1-2-25-18(24)19(9-11-20-12-10-19)8-5-13-22-16-7-4-3-6-15(16)21-14-17(22)23/h3-4,6-7,14,20H,2,5,8-13H2,1H3. The summed E-state index contributed by atoms with van der Waals surface area (Å²) in [6, 6.07) is 7.63. The van der Waals surface area contributed by atoms with Gasteiger partial charge in [-0.05, 0) is 57.8 Å². The van der Waals surface area contributed by atoms with Crippen molar-refractivity contribution in [3.05, 3.63) is 40.8 Å². The highest BCUT2D eigenvalue weighted by Crippen LogP contribution is 2.35. The van der Waals surface area contributed by atoms with Crippen molar-refractivity contribution >= 4 is 17.0 Å². The number of rotatable bonds is 6. The van der Waals surface area contributed by atoms with E-state index in [-0.39, 0.29) is 11.5 Å². The number of esters is 1. The number of aryl methyl sites for hydroxylation is 1. The predicted molar refractivity (Wildman–Crippen MR) is 96.4 cm³/mol. The molecule has 1 aromatic heterocycles. The lowest BCUT2D eigenvalue weighted by atomic mass is 9.75. The third-order valence-corrected chi connectivity index (χ3v) is 5.06. The lowest BCUT2D eigenvalue weighted by molar-refractivity contribution is -0.157. The first-order valence-electron chi connectivity index (χ1n) is 8.99. The van der Waals surface area contributed by atoms with Gasteiger partial charge in [0.25, 0.3) is 5.56 Å². The van der Waals surface area contributed by atoms with E-state index in [0.29, 0.717) is 13.2 Å². The van der Waals surface area contributed by atoms with Crippen molar-refractivity contribution < 1.29 is 9.53 Å². The number of nitrogens with zero attached hydrogens (tertiary/aromatic N) is 2. The molecule has 1 aromatic carbocycles. The van der Waals surface area contributed by atoms with Crippen LogP contribution in [0.2, 0.25) is 0 Å². The molecule has 25 heavy (non-hydrogen) atoms. The smallest absolute Gasteiger partial charge is 0.312 e. The van der Waals surface area contributed by atoms with Crippen LogP contribution in [0.15, 0.2) is 35.3 Å². The number of piperidine rings is 1. The summed E-state index contributed by atoms with van der Waals surface area (Å²) in [5.74, 6) is -0.0940. The van der Waals surface area contributed by atoms with Crippen LogP contribution in [0.25, 0.3) is 11.0 Å². The lowest BCUT2D eigenvalue weighted by Gasteiger charge is -2.35. The third kappa shape index (κ3) is 3.74. The minimum Gasteiger partial charge on any atom is -0.466 e. The van der Waals surface area contributed by atoms with Crippen molar-refractivity contribution in [2.75, 3.05) is 19.7 Å². The SMILES string of the molecule is CCOC(=O)C1(CCCn2c(=O)cnc3ccccc32)CCNCC1. The summed E-state index contributed by atoms with van der Waals surface area (Å²) < 4.78 is 7.09. The second-order valence-corrected chi connectivity index (χ2v) is 6.59. The average Bonchev–Trinajstić information content (AvgIpc) is 2.64. The highest BCUT2D eigenvalue weighted by Gasteiger charge is 2.40. The Morgan fingerprint density at radius 3 is 2.84 bits per heavy atom. The molecule has 2 heterocycles. The summed E-state index contributed by atoms with van der Waals surface area (Å²) in [4.78, 5) is 28.9. The maximum atomic E-state index is 12.5. The second kappa shape index (κ2) is 7.78. The van der Waals surface area contributed by atoms with Gasteiger partial charge in [-0.2, -0.15) is 0 Å². The molecule has 1 aliphatic heterocycles. The summed E-state index contributed by atoms with van der Waals surface area (Å²) in [5, 5.41) is 3.31. The number of hydrogen-bond acceptors (Lipinski definition) is 5. The first-order valence-corrected chi connectivity index (χ1v) is 8.99. The average molecular weight is 343 g/mol. The van der Waals surface area contributed by atoms with Crippen molar-refractivity contribution in [1.29, 1.82) is 0 Å². The van der Waals surface area contributed by atoms with Gasteiger partial charge >= 0.3 is 5.97 Å². The summed E-state index contributed by atoms with van der Waals surface area (Å²) in [5.41, 5.74) is 1.12. The molecule has 0 bridgehead atoms. The molecule has 0 spiro atoms. The van der Waals surface area contributed by atoms with Gasteiger partial charge in [0, 0.05) is 6.54 Å². The molecular weight excluding hydrogens is 318 g/mol. The van der Waals surface area contributed by atoms with E-state index in [0.717, 1.165) is 49.8 Å². The molecule has 0 unspecified atom stereocenters. The van der Waals surface area contributed by atoms with Crippen LogP contribution in [0.5, 0.6) is 0 Å². The van der Waals surface area contributed by atoms with Gasteiger partial charge in [-0.25, -0.2) is 4.98 Å². The van der Waals surface area contributed by atoms with Gasteiger partial charge in [0.05, 0.1) is 29.3 Å². The minimum absolute atomic E-state index is 0.0940. The largest absolute Gasteiger partial charge is 0.466 e. The van der Waals surface area contributed by atoms with Gasteiger partial charge in [0.2, 0.25) is 0 Å². The van der Waals surface area contributed by atoms with Crippen LogP contribution < -0.4 is 10.9 Å². The van der Waals surface area contributed by atoms with Crippen molar-refractivity contribution in [3.8, 4) is 0 Å². The Bertz CT molecular complexity index is 794. The zero-order valence-corrected chi connectivity index (χ0v) is 14.7. The Kier molecular flexibility index (Phi) is 5.48. The fourth-order valence-electron chi connectivity index (χ4n) is 3.67. The van der Waals surface area contributed by atoms with Crippen LogP contribution in [-0.4, -0.2) is 35.2 Å². The van der Waals surface area contributed by atoms with Gasteiger partial charge < -0.3 is 14.6 Å². The van der Waals surface area contributed by atoms with E-state index in [9.17, 15) is 9.59 Å². The van der Waals surface area contributed by atoms with E-state index in [1.54, 1.807) is 4.57 Å². The molecule has 1 N–H and O–H groups in total. The number of carbonyl (C=O) groups is 1. The fraction of sp³-hybridized carbons (Fsp3) is 0.526. The molecule has 0 radical (unpaired) electrons. The van der Waals surface area contributed by atoms with Crippen LogP contribution >= 0.6 is 0 Å². The maximum absolute atomic E-state index is 12.5. The Morgan fingerprint density at radius 2 is 2.08 bits per heavy atom. The number of ether oxygens (including phenoxy) is 1. The number of carbonyl (C=O) groups excluding carboxylic acids is 1. The molecule has 2 aromatic rings. The summed E-state index contributed by atoms with van der Waals surface area (Å²) >= 11 is 0. The van der Waals surface area contributed by atoms with Gasteiger partial charge in [0.15, 0.2) is 0 Å². The van der Waals surface area contributed by atoms with Gasteiger partial charge in [-0.15, -0.1) is 0 Å². The van der Waals surface area contributed by atoms with Crippen molar-refractivity contribution in [3.63, 3.8) is 0 Å². The van der Waals surface area contributed by atoms with Gasteiger partial charge in [-0.3, -0.25) is 9.59 Å². The Hall–Kier alpha value is -2.21. The normalized spacial score (nSPS) is 16.7. The fourth-order valence-corrected chi connectivity index (χ4v) is 3.67. The molecule has 0 amide bonds. The molecule has 6 heteroatoms. The molecule has 3 rings (SSSR count). The third-order valence-electron chi connectivity index (χ3n) is 5.06. The molecule has 0 atom stereocenters. The van der Waals surface area contributed by atoms with Crippen LogP contribution in [0.4, 0.5) is 0 Å².